The summed E-state index contributed by atoms with van der Waals surface area (Å²) in [6.45, 7) is 1.97. The van der Waals surface area contributed by atoms with E-state index in [4.69, 9.17) is 4.74 Å². The number of methoxy groups -OCH3 is 1. The minimum absolute atomic E-state index is 0.0833. The Morgan fingerprint density at radius 2 is 1.48 bits per heavy atom. The van der Waals surface area contributed by atoms with Crippen molar-refractivity contribution < 1.29 is 47.9 Å². The molecule has 148 valence electrons. The topological polar surface area (TPSA) is 107 Å². The van der Waals surface area contributed by atoms with Gasteiger partial charge in [0.2, 0.25) is 0 Å². The van der Waals surface area contributed by atoms with Gasteiger partial charge in [-0.05, 0) is 6.92 Å². The number of ether oxygens (including phenoxy) is 1. The molecule has 25 heavy (non-hydrogen) atoms. The van der Waals surface area contributed by atoms with E-state index in [-0.39, 0.29) is 6.10 Å². The predicted octanol–water partition coefficient (Wildman–Crippen LogP) is 1.40. The monoisotopic (exact) mass is 421 g/mol. The number of sulfonamides is 2. The maximum atomic E-state index is 11.5. The third-order valence-electron chi connectivity index (χ3n) is 2.40. The zero-order valence-corrected chi connectivity index (χ0v) is 14.4. The molecule has 0 amide bonds. The Bertz CT molecular complexity index is 726. The van der Waals surface area contributed by atoms with E-state index >= 15 is 0 Å². The molecule has 0 aromatic carbocycles. The van der Waals surface area contributed by atoms with Crippen LogP contribution in [-0.2, 0) is 31.8 Å². The molecule has 1 aromatic heterocycles. The third kappa shape index (κ3) is 6.44. The van der Waals surface area contributed by atoms with Gasteiger partial charge in [0.05, 0.1) is 0 Å². The van der Waals surface area contributed by atoms with Crippen molar-refractivity contribution in [1.29, 1.82) is 0 Å². The van der Waals surface area contributed by atoms with Crippen molar-refractivity contribution in [3.8, 4) is 0 Å². The molecule has 0 spiro atoms. The van der Waals surface area contributed by atoms with Gasteiger partial charge in [0.1, 0.15) is 11.9 Å². The Morgan fingerprint density at radius 1 is 1.08 bits per heavy atom. The quantitative estimate of drug-likeness (QED) is 0.737. The Hall–Kier alpha value is -1.39. The average Bonchev–Trinajstić information content (AvgIpc) is 2.81. The molecule has 0 fully saturated rings. The van der Waals surface area contributed by atoms with E-state index in [2.05, 4.69) is 4.98 Å². The normalized spacial score (nSPS) is 14.6. The molecule has 1 aromatic rings. The predicted molar refractivity (Wildman–Crippen MR) is 71.7 cm³/mol. The maximum absolute atomic E-state index is 11.5. The van der Waals surface area contributed by atoms with E-state index < -0.39 is 35.2 Å². The molecular weight excluding hydrogens is 408 g/mol. The molecule has 0 bridgehead atoms. The highest BCUT2D eigenvalue weighted by atomic mass is 32.3. The fourth-order valence-corrected chi connectivity index (χ4v) is 3.02. The zero-order valence-electron chi connectivity index (χ0n) is 12.8. The van der Waals surface area contributed by atoms with Gasteiger partial charge in [-0.2, -0.15) is 26.3 Å². The van der Waals surface area contributed by atoms with Crippen LogP contribution in [0.5, 0.6) is 0 Å². The number of hydrogen-bond donors (Lipinski definition) is 1. The fourth-order valence-electron chi connectivity index (χ4n) is 1.11. The van der Waals surface area contributed by atoms with Crippen molar-refractivity contribution in [3.63, 3.8) is 0 Å². The Balaban J connectivity index is 0.000000496. The van der Waals surface area contributed by atoms with E-state index in [1.807, 2.05) is 24.7 Å². The molecule has 1 N–H and O–H groups in total. The van der Waals surface area contributed by atoms with Crippen molar-refractivity contribution in [3.05, 3.63) is 18.2 Å². The second-order valence-electron chi connectivity index (χ2n) is 4.26. The molecular formula is C9H13F6N3O5S2. The van der Waals surface area contributed by atoms with Crippen LogP contribution < -0.4 is 4.13 Å². The van der Waals surface area contributed by atoms with Crippen LogP contribution >= 0.6 is 0 Å². The summed E-state index contributed by atoms with van der Waals surface area (Å²) in [6.07, 6.45) is 3.76. The number of aryl methyl sites for hydroxylation is 1. The van der Waals surface area contributed by atoms with Crippen LogP contribution in [0.2, 0.25) is 0 Å². The molecule has 1 atom stereocenters. The number of nitrogens with one attached hydrogen (secondary N) is 1. The number of aromatic nitrogens is 2. The van der Waals surface area contributed by atoms with Gasteiger partial charge in [-0.15, -0.1) is 0 Å². The smallest absolute Gasteiger partial charge is 0.374 e. The number of rotatable bonds is 4. The first-order chi connectivity index (χ1) is 11.0. The zero-order chi connectivity index (χ0) is 20.3. The van der Waals surface area contributed by atoms with E-state index in [1.165, 1.54) is 0 Å². The van der Waals surface area contributed by atoms with Crippen LogP contribution in [0.25, 0.3) is 0 Å². The highest BCUT2D eigenvalue weighted by molar-refractivity contribution is 8.05. The number of nitrogens with zero attached hydrogens (tertiary/aromatic N) is 2. The first-order valence-electron chi connectivity index (χ1n) is 5.87. The van der Waals surface area contributed by atoms with Gasteiger partial charge in [-0.1, -0.05) is 4.13 Å². The summed E-state index contributed by atoms with van der Waals surface area (Å²) in [6, 6.07) is 0. The molecule has 1 heterocycles. The summed E-state index contributed by atoms with van der Waals surface area (Å²) in [7, 11) is -9.56. The van der Waals surface area contributed by atoms with Gasteiger partial charge < -0.3 is 9.30 Å². The first-order valence-corrected chi connectivity index (χ1v) is 8.84. The second kappa shape index (κ2) is 7.88. The molecule has 0 saturated heterocycles. The lowest BCUT2D eigenvalue weighted by Gasteiger charge is -2.11. The van der Waals surface area contributed by atoms with Crippen LogP contribution in [-0.4, -0.2) is 44.5 Å². The van der Waals surface area contributed by atoms with E-state index in [1.54, 1.807) is 13.3 Å². The maximum Gasteiger partial charge on any atom is 0.512 e. The Morgan fingerprint density at radius 3 is 1.72 bits per heavy atom. The lowest BCUT2D eigenvalue weighted by atomic mass is 10.4. The molecule has 1 unspecified atom stereocenters. The largest absolute Gasteiger partial charge is 0.512 e. The van der Waals surface area contributed by atoms with Gasteiger partial charge in [0, 0.05) is 26.6 Å². The Kier molecular flexibility index (Phi) is 7.44. The minimum atomic E-state index is -6.60. The Labute approximate surface area is 138 Å². The lowest BCUT2D eigenvalue weighted by molar-refractivity contribution is -0.0476. The van der Waals surface area contributed by atoms with Crippen molar-refractivity contribution in [1.82, 2.24) is 13.7 Å². The van der Waals surface area contributed by atoms with Crippen LogP contribution in [0.3, 0.4) is 0 Å². The first kappa shape index (κ1) is 23.6. The summed E-state index contributed by atoms with van der Waals surface area (Å²) < 4.78 is 115. The highest BCUT2D eigenvalue weighted by Gasteiger charge is 2.55. The van der Waals surface area contributed by atoms with Crippen molar-refractivity contribution in [2.75, 3.05) is 7.11 Å². The molecule has 0 aliphatic rings. The van der Waals surface area contributed by atoms with E-state index in [9.17, 15) is 43.2 Å². The average molecular weight is 421 g/mol. The van der Waals surface area contributed by atoms with Gasteiger partial charge in [-0.3, -0.25) is 0 Å². The molecule has 16 heteroatoms. The molecule has 0 aliphatic heterocycles. The SMILES string of the molecule is COC(C)c1nccn1C.O=S(=O)(NS(=O)(=O)C(F)(F)F)C(F)(F)F. The van der Waals surface area contributed by atoms with Crippen LogP contribution in [0, 0.1) is 0 Å². The highest BCUT2D eigenvalue weighted by Crippen LogP contribution is 2.27. The van der Waals surface area contributed by atoms with Gasteiger partial charge in [-0.25, -0.2) is 21.8 Å². The number of halogens is 6. The standard InChI is InChI=1S/C7H12N2O.C2HF6NO4S2/c1-6(10-3)7-8-4-5-9(7)2;3-1(4,5)14(10,11)9-15(12,13)2(6,7)8/h4-6H,1-3H3;9H. The van der Waals surface area contributed by atoms with Crippen molar-refractivity contribution in [2.45, 2.75) is 24.0 Å². The molecule has 0 aliphatic carbocycles. The summed E-state index contributed by atoms with van der Waals surface area (Å²) in [5.41, 5.74) is -12.3. The van der Waals surface area contributed by atoms with Crippen molar-refractivity contribution in [2.24, 2.45) is 7.05 Å². The summed E-state index contributed by atoms with van der Waals surface area (Å²) in [5.74, 6) is 0.961. The second-order valence-corrected chi connectivity index (χ2v) is 7.86. The summed E-state index contributed by atoms with van der Waals surface area (Å²) >= 11 is 0. The molecule has 0 saturated carbocycles. The lowest BCUT2D eigenvalue weighted by Crippen LogP contribution is -2.45. The van der Waals surface area contributed by atoms with Gasteiger partial charge in [0.15, 0.2) is 0 Å². The van der Waals surface area contributed by atoms with Crippen LogP contribution in [0.1, 0.15) is 18.9 Å². The number of alkyl halides is 6. The van der Waals surface area contributed by atoms with E-state index in [0.29, 0.717) is 0 Å². The fraction of sp³-hybridized carbons (Fsp3) is 0.667. The van der Waals surface area contributed by atoms with Crippen LogP contribution in [0.4, 0.5) is 26.3 Å². The van der Waals surface area contributed by atoms with E-state index in [0.717, 1.165) is 5.82 Å². The van der Waals surface area contributed by atoms with Gasteiger partial charge in [0.25, 0.3) is 0 Å². The third-order valence-corrected chi connectivity index (χ3v) is 5.38. The number of hydrogen-bond acceptors (Lipinski definition) is 6. The minimum Gasteiger partial charge on any atom is -0.374 e. The molecule has 1 rings (SSSR count). The molecule has 0 radical (unpaired) electrons. The van der Waals surface area contributed by atoms with Crippen LogP contribution in [0.15, 0.2) is 12.4 Å². The van der Waals surface area contributed by atoms with Crippen molar-refractivity contribution >= 4 is 20.0 Å². The number of imidazole rings is 1. The summed E-state index contributed by atoms with van der Waals surface area (Å²) in [4.78, 5) is 4.12. The molecule has 8 nitrogen and oxygen atoms in total. The summed E-state index contributed by atoms with van der Waals surface area (Å²) in [5, 5.41) is 0. The van der Waals surface area contributed by atoms with Gasteiger partial charge >= 0.3 is 31.1 Å².